The fraction of sp³-hybridized carbons (Fsp3) is 0.375. The van der Waals surface area contributed by atoms with Gasteiger partial charge in [0.2, 0.25) is 5.91 Å². The molecule has 0 aromatic carbocycles. The molecule has 3 N–H and O–H groups in total. The van der Waals surface area contributed by atoms with Gasteiger partial charge >= 0.3 is 5.69 Å². The molecule has 0 unspecified atom stereocenters. The van der Waals surface area contributed by atoms with Gasteiger partial charge in [-0.2, -0.15) is 0 Å². The van der Waals surface area contributed by atoms with Crippen LogP contribution in [0, 0.1) is 0 Å². The summed E-state index contributed by atoms with van der Waals surface area (Å²) in [5, 5.41) is 2.56. The highest BCUT2D eigenvalue weighted by Gasteiger charge is 2.03. The van der Waals surface area contributed by atoms with Crippen molar-refractivity contribution in [3.63, 3.8) is 0 Å². The van der Waals surface area contributed by atoms with Gasteiger partial charge in [0, 0.05) is 18.3 Å². The minimum Gasteiger partial charge on any atom is -0.356 e. The predicted octanol–water partition coefficient (Wildman–Crippen LogP) is -1.26. The Bertz CT molecular complexity index is 404. The molecule has 1 rings (SSSR count). The number of aromatic amines is 2. The quantitative estimate of drug-likeness (QED) is 0.564. The van der Waals surface area contributed by atoms with E-state index in [4.69, 9.17) is 0 Å². The van der Waals surface area contributed by atoms with Gasteiger partial charge in [0.1, 0.15) is 0 Å². The Hall–Kier alpha value is -1.85. The SMILES string of the molecule is CCNC(=O)Cc1cc(=O)[nH]c(=O)[nH]1. The summed E-state index contributed by atoms with van der Waals surface area (Å²) < 4.78 is 0. The lowest BCUT2D eigenvalue weighted by Gasteiger charge is -2.00. The summed E-state index contributed by atoms with van der Waals surface area (Å²) in [6, 6.07) is 1.19. The number of H-pyrrole nitrogens is 2. The molecule has 0 bridgehead atoms. The van der Waals surface area contributed by atoms with Crippen molar-refractivity contribution in [3.05, 3.63) is 32.6 Å². The molecule has 1 heterocycles. The summed E-state index contributed by atoms with van der Waals surface area (Å²) >= 11 is 0. The smallest absolute Gasteiger partial charge is 0.325 e. The van der Waals surface area contributed by atoms with Crippen LogP contribution in [0.2, 0.25) is 0 Å². The van der Waals surface area contributed by atoms with Crippen LogP contribution < -0.4 is 16.6 Å². The standard InChI is InChI=1S/C8H11N3O3/c1-2-9-6(12)3-5-4-7(13)11-8(14)10-5/h4H,2-3H2,1H3,(H,9,12)(H2,10,11,13,14). The monoisotopic (exact) mass is 197 g/mol. The van der Waals surface area contributed by atoms with Gasteiger partial charge in [-0.25, -0.2) is 4.79 Å². The van der Waals surface area contributed by atoms with E-state index in [1.165, 1.54) is 6.07 Å². The second-order valence-corrected chi connectivity index (χ2v) is 2.74. The summed E-state index contributed by atoms with van der Waals surface area (Å²) in [5.74, 6) is -0.228. The van der Waals surface area contributed by atoms with Crippen molar-refractivity contribution in [2.45, 2.75) is 13.3 Å². The summed E-state index contributed by atoms with van der Waals surface area (Å²) in [5.41, 5.74) is -0.797. The second-order valence-electron chi connectivity index (χ2n) is 2.74. The minimum absolute atomic E-state index is 0.00694. The maximum absolute atomic E-state index is 11.1. The van der Waals surface area contributed by atoms with Crippen molar-refractivity contribution in [1.82, 2.24) is 15.3 Å². The van der Waals surface area contributed by atoms with Crippen LogP contribution in [0.25, 0.3) is 0 Å². The summed E-state index contributed by atoms with van der Waals surface area (Å²) in [6.45, 7) is 2.31. The first-order chi connectivity index (χ1) is 6.61. The summed E-state index contributed by atoms with van der Waals surface area (Å²) in [7, 11) is 0. The first-order valence-corrected chi connectivity index (χ1v) is 4.21. The lowest BCUT2D eigenvalue weighted by Crippen LogP contribution is -2.28. The van der Waals surface area contributed by atoms with Crippen molar-refractivity contribution < 1.29 is 4.79 Å². The molecule has 0 aliphatic heterocycles. The lowest BCUT2D eigenvalue weighted by molar-refractivity contribution is -0.120. The Balaban J connectivity index is 2.82. The van der Waals surface area contributed by atoms with E-state index in [0.717, 1.165) is 0 Å². The Morgan fingerprint density at radius 3 is 2.71 bits per heavy atom. The van der Waals surface area contributed by atoms with E-state index in [1.54, 1.807) is 6.92 Å². The molecule has 1 aromatic heterocycles. The highest BCUT2D eigenvalue weighted by molar-refractivity contribution is 5.77. The van der Waals surface area contributed by atoms with Gasteiger partial charge in [0.05, 0.1) is 6.42 Å². The Morgan fingerprint density at radius 1 is 1.43 bits per heavy atom. The molecule has 6 nitrogen and oxygen atoms in total. The molecule has 0 fully saturated rings. The molecule has 1 aromatic rings. The number of likely N-dealkylation sites (N-methyl/N-ethyl adjacent to an activating group) is 1. The Morgan fingerprint density at radius 2 is 2.14 bits per heavy atom. The van der Waals surface area contributed by atoms with Crippen LogP contribution in [-0.4, -0.2) is 22.4 Å². The maximum Gasteiger partial charge on any atom is 0.325 e. The second kappa shape index (κ2) is 4.40. The first kappa shape index (κ1) is 10.2. The van der Waals surface area contributed by atoms with E-state index >= 15 is 0 Å². The highest BCUT2D eigenvalue weighted by atomic mass is 16.2. The van der Waals surface area contributed by atoms with Crippen LogP contribution in [0.15, 0.2) is 15.7 Å². The number of hydrogen-bond acceptors (Lipinski definition) is 3. The van der Waals surface area contributed by atoms with Crippen molar-refractivity contribution in [1.29, 1.82) is 0 Å². The third-order valence-electron chi connectivity index (χ3n) is 1.54. The van der Waals surface area contributed by atoms with Gasteiger partial charge in [-0.1, -0.05) is 0 Å². The Labute approximate surface area is 79.4 Å². The number of carbonyl (C=O) groups is 1. The van der Waals surface area contributed by atoms with Crippen molar-refractivity contribution >= 4 is 5.91 Å². The zero-order valence-corrected chi connectivity index (χ0v) is 7.72. The number of nitrogens with one attached hydrogen (secondary N) is 3. The first-order valence-electron chi connectivity index (χ1n) is 4.21. The molecule has 0 saturated carbocycles. The molecule has 0 saturated heterocycles. The molecule has 1 amide bonds. The highest BCUT2D eigenvalue weighted by Crippen LogP contribution is 1.86. The van der Waals surface area contributed by atoms with Crippen LogP contribution in [0.3, 0.4) is 0 Å². The van der Waals surface area contributed by atoms with Crippen LogP contribution >= 0.6 is 0 Å². The topological polar surface area (TPSA) is 94.8 Å². The van der Waals surface area contributed by atoms with E-state index in [2.05, 4.69) is 10.3 Å². The van der Waals surface area contributed by atoms with E-state index in [1.807, 2.05) is 4.98 Å². The molecule has 0 aliphatic rings. The number of hydrogen-bond donors (Lipinski definition) is 3. The van der Waals surface area contributed by atoms with Gasteiger partial charge in [0.15, 0.2) is 0 Å². The third-order valence-corrected chi connectivity index (χ3v) is 1.54. The molecule has 0 spiro atoms. The maximum atomic E-state index is 11.1. The molecule has 14 heavy (non-hydrogen) atoms. The van der Waals surface area contributed by atoms with E-state index in [-0.39, 0.29) is 12.3 Å². The van der Waals surface area contributed by atoms with Crippen LogP contribution in [0.4, 0.5) is 0 Å². The average Bonchev–Trinajstić information content (AvgIpc) is 2.01. The minimum atomic E-state index is -0.600. The van der Waals surface area contributed by atoms with E-state index in [0.29, 0.717) is 12.2 Å². The largest absolute Gasteiger partial charge is 0.356 e. The fourth-order valence-electron chi connectivity index (χ4n) is 1.05. The number of carbonyl (C=O) groups excluding carboxylic acids is 1. The summed E-state index contributed by atoms with van der Waals surface area (Å²) in [6.07, 6.45) is 0.00694. The lowest BCUT2D eigenvalue weighted by atomic mass is 10.3. The molecule has 76 valence electrons. The van der Waals surface area contributed by atoms with Crippen molar-refractivity contribution in [2.75, 3.05) is 6.54 Å². The van der Waals surface area contributed by atoms with Gasteiger partial charge in [0.25, 0.3) is 5.56 Å². The molecular weight excluding hydrogens is 186 g/mol. The van der Waals surface area contributed by atoms with Gasteiger partial charge in [-0.3, -0.25) is 14.6 Å². The van der Waals surface area contributed by atoms with Gasteiger partial charge in [-0.15, -0.1) is 0 Å². The van der Waals surface area contributed by atoms with E-state index < -0.39 is 11.2 Å². The number of aromatic nitrogens is 2. The molecule has 0 aliphatic carbocycles. The zero-order chi connectivity index (χ0) is 10.6. The third kappa shape index (κ3) is 2.89. The van der Waals surface area contributed by atoms with Gasteiger partial charge < -0.3 is 10.3 Å². The normalized spacial score (nSPS) is 9.79. The van der Waals surface area contributed by atoms with Gasteiger partial charge in [-0.05, 0) is 6.92 Å². The molecular formula is C8H11N3O3. The summed E-state index contributed by atoms with van der Waals surface area (Å²) in [4.78, 5) is 37.1. The predicted molar refractivity (Wildman–Crippen MR) is 50.1 cm³/mol. The van der Waals surface area contributed by atoms with E-state index in [9.17, 15) is 14.4 Å². The number of rotatable bonds is 3. The molecule has 0 radical (unpaired) electrons. The number of amides is 1. The van der Waals surface area contributed by atoms with Crippen molar-refractivity contribution in [2.24, 2.45) is 0 Å². The van der Waals surface area contributed by atoms with Crippen LogP contribution in [-0.2, 0) is 11.2 Å². The average molecular weight is 197 g/mol. The molecule has 0 atom stereocenters. The van der Waals surface area contributed by atoms with Crippen molar-refractivity contribution in [3.8, 4) is 0 Å². The molecule has 6 heteroatoms. The fourth-order valence-corrected chi connectivity index (χ4v) is 1.05. The van der Waals surface area contributed by atoms with Crippen LogP contribution in [0.1, 0.15) is 12.6 Å². The Kier molecular flexibility index (Phi) is 3.22. The zero-order valence-electron chi connectivity index (χ0n) is 7.72. The van der Waals surface area contributed by atoms with Crippen LogP contribution in [0.5, 0.6) is 0 Å².